The summed E-state index contributed by atoms with van der Waals surface area (Å²) in [6, 6.07) is 5.74. The van der Waals surface area contributed by atoms with Gasteiger partial charge in [-0.2, -0.15) is 0 Å². The highest BCUT2D eigenvalue weighted by Gasteiger charge is 2.16. The minimum absolute atomic E-state index is 0.455. The zero-order valence-electron chi connectivity index (χ0n) is 12.6. The highest BCUT2D eigenvalue weighted by atomic mass is 32.1. The molecule has 0 fully saturated rings. The molecule has 6 heteroatoms. The number of anilines is 1. The fourth-order valence-electron chi connectivity index (χ4n) is 2.36. The summed E-state index contributed by atoms with van der Waals surface area (Å²) < 4.78 is 0. The molecule has 0 radical (unpaired) electrons. The van der Waals surface area contributed by atoms with Gasteiger partial charge in [0.25, 0.3) is 0 Å². The van der Waals surface area contributed by atoms with E-state index >= 15 is 0 Å². The van der Waals surface area contributed by atoms with Gasteiger partial charge in [-0.05, 0) is 17.5 Å². The van der Waals surface area contributed by atoms with Gasteiger partial charge < -0.3 is 10.0 Å². The van der Waals surface area contributed by atoms with Crippen molar-refractivity contribution in [3.63, 3.8) is 0 Å². The number of pyridine rings is 1. The normalized spacial score (nSPS) is 12.5. The van der Waals surface area contributed by atoms with E-state index < -0.39 is 6.10 Å². The summed E-state index contributed by atoms with van der Waals surface area (Å²) >= 11 is 1.61. The molecule has 0 saturated carbocycles. The molecule has 3 aromatic heterocycles. The standard InChI is InChI=1S/C16H18N4OS/c1-3-14-18-15(12-6-8-22-16(12)19-14)20(2)10-13(21)11-5-4-7-17-9-11/h4-9,13,21H,3,10H2,1-2H3/t13-/m0/s1. The lowest BCUT2D eigenvalue weighted by atomic mass is 10.1. The summed E-state index contributed by atoms with van der Waals surface area (Å²) in [5, 5.41) is 13.4. The van der Waals surface area contributed by atoms with E-state index in [9.17, 15) is 5.11 Å². The van der Waals surface area contributed by atoms with Gasteiger partial charge >= 0.3 is 0 Å². The molecule has 0 aliphatic heterocycles. The molecule has 0 unspecified atom stereocenters. The fourth-order valence-corrected chi connectivity index (χ4v) is 3.13. The Labute approximate surface area is 133 Å². The average molecular weight is 314 g/mol. The molecule has 0 amide bonds. The van der Waals surface area contributed by atoms with Crippen molar-refractivity contribution in [1.29, 1.82) is 0 Å². The van der Waals surface area contributed by atoms with Crippen LogP contribution in [0.3, 0.4) is 0 Å². The monoisotopic (exact) mass is 314 g/mol. The number of hydrogen-bond donors (Lipinski definition) is 1. The molecule has 5 nitrogen and oxygen atoms in total. The second kappa shape index (κ2) is 6.37. The molecule has 3 heterocycles. The summed E-state index contributed by atoms with van der Waals surface area (Å²) in [7, 11) is 1.94. The minimum Gasteiger partial charge on any atom is -0.386 e. The SMILES string of the molecule is CCc1nc(N(C)C[C@H](O)c2cccnc2)c2ccsc2n1. The van der Waals surface area contributed by atoms with Crippen LogP contribution in [0, 0.1) is 0 Å². The van der Waals surface area contributed by atoms with E-state index in [0.29, 0.717) is 6.54 Å². The predicted octanol–water partition coefficient (Wildman–Crippen LogP) is 2.82. The molecule has 1 N–H and O–H groups in total. The quantitative estimate of drug-likeness (QED) is 0.784. The Morgan fingerprint density at radius 1 is 1.32 bits per heavy atom. The summed E-state index contributed by atoms with van der Waals surface area (Å²) in [6.45, 7) is 2.50. The predicted molar refractivity (Wildman–Crippen MR) is 89.3 cm³/mol. The summed E-state index contributed by atoms with van der Waals surface area (Å²) in [5.41, 5.74) is 0.806. The topological polar surface area (TPSA) is 62.1 Å². The fraction of sp³-hybridized carbons (Fsp3) is 0.312. The van der Waals surface area contributed by atoms with Crippen LogP contribution in [0.25, 0.3) is 10.2 Å². The molecular formula is C16H18N4OS. The maximum Gasteiger partial charge on any atom is 0.140 e. The van der Waals surface area contributed by atoms with Crippen molar-refractivity contribution in [2.45, 2.75) is 19.4 Å². The highest BCUT2D eigenvalue weighted by Crippen LogP contribution is 2.28. The van der Waals surface area contributed by atoms with Crippen molar-refractivity contribution in [2.75, 3.05) is 18.5 Å². The van der Waals surface area contributed by atoms with Crippen molar-refractivity contribution < 1.29 is 5.11 Å². The van der Waals surface area contributed by atoms with Gasteiger partial charge in [0.2, 0.25) is 0 Å². The number of aliphatic hydroxyl groups excluding tert-OH is 1. The van der Waals surface area contributed by atoms with Gasteiger partial charge in [-0.1, -0.05) is 13.0 Å². The Hall–Kier alpha value is -2.05. The summed E-state index contributed by atoms with van der Waals surface area (Å²) in [6.07, 6.45) is 3.58. The lowest BCUT2D eigenvalue weighted by Gasteiger charge is -2.22. The second-order valence-corrected chi connectivity index (χ2v) is 6.03. The Morgan fingerprint density at radius 2 is 2.18 bits per heavy atom. The van der Waals surface area contributed by atoms with E-state index in [2.05, 4.69) is 15.0 Å². The first-order chi connectivity index (χ1) is 10.7. The van der Waals surface area contributed by atoms with Crippen LogP contribution in [-0.4, -0.2) is 33.7 Å². The number of fused-ring (bicyclic) bond motifs is 1. The van der Waals surface area contributed by atoms with Crippen LogP contribution in [0.5, 0.6) is 0 Å². The zero-order valence-corrected chi connectivity index (χ0v) is 13.4. The Morgan fingerprint density at radius 3 is 2.91 bits per heavy atom. The number of rotatable bonds is 5. The highest BCUT2D eigenvalue weighted by molar-refractivity contribution is 7.16. The van der Waals surface area contributed by atoms with Crippen LogP contribution in [0.2, 0.25) is 0 Å². The van der Waals surface area contributed by atoms with Crippen LogP contribution in [0.4, 0.5) is 5.82 Å². The number of hydrogen-bond acceptors (Lipinski definition) is 6. The molecule has 22 heavy (non-hydrogen) atoms. The van der Waals surface area contributed by atoms with Gasteiger partial charge in [-0.25, -0.2) is 9.97 Å². The maximum atomic E-state index is 10.4. The largest absolute Gasteiger partial charge is 0.386 e. The molecule has 0 saturated heterocycles. The number of thiophene rings is 1. The Bertz CT molecular complexity index is 759. The zero-order chi connectivity index (χ0) is 15.5. The second-order valence-electron chi connectivity index (χ2n) is 5.14. The van der Waals surface area contributed by atoms with Crippen LogP contribution < -0.4 is 4.90 Å². The molecule has 0 aliphatic rings. The number of aromatic nitrogens is 3. The van der Waals surface area contributed by atoms with Crippen molar-refractivity contribution in [2.24, 2.45) is 0 Å². The molecule has 3 aromatic rings. The van der Waals surface area contributed by atoms with E-state index in [0.717, 1.165) is 33.8 Å². The number of aliphatic hydroxyl groups is 1. The van der Waals surface area contributed by atoms with Crippen LogP contribution in [-0.2, 0) is 6.42 Å². The van der Waals surface area contributed by atoms with Gasteiger partial charge in [0.15, 0.2) is 0 Å². The molecule has 0 spiro atoms. The number of nitrogens with zero attached hydrogens (tertiary/aromatic N) is 4. The van der Waals surface area contributed by atoms with Crippen LogP contribution in [0.1, 0.15) is 24.4 Å². The van der Waals surface area contributed by atoms with Gasteiger partial charge in [0.05, 0.1) is 11.5 Å². The minimum atomic E-state index is -0.604. The van der Waals surface area contributed by atoms with Gasteiger partial charge in [0.1, 0.15) is 16.5 Å². The van der Waals surface area contributed by atoms with Gasteiger partial charge in [-0.3, -0.25) is 4.98 Å². The van der Waals surface area contributed by atoms with Crippen molar-refractivity contribution >= 4 is 27.4 Å². The molecule has 3 rings (SSSR count). The van der Waals surface area contributed by atoms with Crippen molar-refractivity contribution in [3.8, 4) is 0 Å². The lowest BCUT2D eigenvalue weighted by Crippen LogP contribution is -2.25. The first-order valence-corrected chi connectivity index (χ1v) is 8.10. The number of likely N-dealkylation sites (N-methyl/N-ethyl adjacent to an activating group) is 1. The molecule has 114 valence electrons. The van der Waals surface area contributed by atoms with Gasteiger partial charge in [-0.15, -0.1) is 11.3 Å². The third kappa shape index (κ3) is 2.93. The van der Waals surface area contributed by atoms with E-state index in [4.69, 9.17) is 0 Å². The molecule has 1 atom stereocenters. The van der Waals surface area contributed by atoms with E-state index in [-0.39, 0.29) is 0 Å². The first-order valence-electron chi connectivity index (χ1n) is 7.22. The molecule has 0 aromatic carbocycles. The third-order valence-electron chi connectivity index (χ3n) is 3.55. The van der Waals surface area contributed by atoms with Crippen LogP contribution in [0.15, 0.2) is 36.0 Å². The van der Waals surface area contributed by atoms with Gasteiger partial charge in [0, 0.05) is 38.0 Å². The van der Waals surface area contributed by atoms with E-state index in [1.807, 2.05) is 42.5 Å². The molecule has 0 aliphatic carbocycles. The Balaban J connectivity index is 1.88. The lowest BCUT2D eigenvalue weighted by molar-refractivity contribution is 0.184. The average Bonchev–Trinajstić information content (AvgIpc) is 3.02. The maximum absolute atomic E-state index is 10.4. The third-order valence-corrected chi connectivity index (χ3v) is 4.35. The summed E-state index contributed by atoms with van der Waals surface area (Å²) in [4.78, 5) is 16.2. The smallest absolute Gasteiger partial charge is 0.140 e. The molecule has 0 bridgehead atoms. The molecular weight excluding hydrogens is 296 g/mol. The summed E-state index contributed by atoms with van der Waals surface area (Å²) in [5.74, 6) is 1.69. The Kier molecular flexibility index (Phi) is 4.31. The van der Waals surface area contributed by atoms with E-state index in [1.54, 1.807) is 23.7 Å². The van der Waals surface area contributed by atoms with Crippen LogP contribution >= 0.6 is 11.3 Å². The first kappa shape index (κ1) is 14.9. The van der Waals surface area contributed by atoms with Crippen molar-refractivity contribution in [1.82, 2.24) is 15.0 Å². The number of aryl methyl sites for hydroxylation is 1. The van der Waals surface area contributed by atoms with Crippen molar-refractivity contribution in [3.05, 3.63) is 47.4 Å². The van der Waals surface area contributed by atoms with E-state index in [1.165, 1.54) is 0 Å².